The minimum Gasteiger partial charge on any atom is -0.307 e. The van der Waals surface area contributed by atoms with E-state index in [1.807, 2.05) is 0 Å². The van der Waals surface area contributed by atoms with Gasteiger partial charge in [-0.25, -0.2) is 0 Å². The number of anilines is 6. The smallest absolute Gasteiger partial charge is 0.236 e. The average Bonchev–Trinajstić information content (AvgIpc) is 3.28. The van der Waals surface area contributed by atoms with E-state index in [-0.39, 0.29) is 0 Å². The van der Waals surface area contributed by atoms with Gasteiger partial charge in [0.05, 0.1) is 0 Å². The van der Waals surface area contributed by atoms with Gasteiger partial charge in [-0.05, 0) is 130 Å². The van der Waals surface area contributed by atoms with E-state index in [1.54, 1.807) is 0 Å². The zero-order valence-corrected chi connectivity index (χ0v) is 34.4. The van der Waals surface area contributed by atoms with Crippen LogP contribution in [0.2, 0.25) is 0 Å². The van der Waals surface area contributed by atoms with Gasteiger partial charge in [-0.2, -0.15) is 15.0 Å². The SMILES string of the molecule is c1ccc(N(c2nc(N(c3ccccc3)C3CCC4CCCCC4C3)nc(N(c3ccccc3)C3CCC4CCCCC4C3)n2)C2CCC3CCCCC3C2)cc1. The summed E-state index contributed by atoms with van der Waals surface area (Å²) in [5, 5.41) is 0. The topological polar surface area (TPSA) is 48.4 Å². The molecule has 0 amide bonds. The van der Waals surface area contributed by atoms with Crippen LogP contribution in [0.3, 0.4) is 0 Å². The van der Waals surface area contributed by atoms with Gasteiger partial charge >= 0.3 is 0 Å². The summed E-state index contributed by atoms with van der Waals surface area (Å²) in [7, 11) is 0. The Morgan fingerprint density at radius 1 is 0.298 bits per heavy atom. The van der Waals surface area contributed by atoms with Crippen molar-refractivity contribution >= 4 is 34.9 Å². The molecule has 4 aromatic rings. The molecular formula is C51H66N6. The minimum absolute atomic E-state index is 0.362. The molecule has 0 aliphatic heterocycles. The second-order valence-corrected chi connectivity index (χ2v) is 19.2. The van der Waals surface area contributed by atoms with Crippen LogP contribution in [0.4, 0.5) is 34.9 Å². The maximum absolute atomic E-state index is 5.74. The van der Waals surface area contributed by atoms with Crippen molar-refractivity contribution < 1.29 is 0 Å². The first-order chi connectivity index (χ1) is 28.2. The van der Waals surface area contributed by atoms with Crippen molar-refractivity contribution in [2.75, 3.05) is 14.7 Å². The predicted molar refractivity (Wildman–Crippen MR) is 235 cm³/mol. The number of aromatic nitrogens is 3. The highest BCUT2D eigenvalue weighted by atomic mass is 15.4. The molecule has 0 spiro atoms. The Bertz CT molecular complexity index is 1660. The first-order valence-electron chi connectivity index (χ1n) is 23.5. The molecule has 57 heavy (non-hydrogen) atoms. The van der Waals surface area contributed by atoms with Crippen LogP contribution in [0, 0.1) is 35.5 Å². The molecule has 0 N–H and O–H groups in total. The third kappa shape index (κ3) is 7.96. The van der Waals surface area contributed by atoms with Crippen molar-refractivity contribution in [3.8, 4) is 0 Å². The van der Waals surface area contributed by atoms with Crippen LogP contribution in [0.1, 0.15) is 135 Å². The molecule has 6 nitrogen and oxygen atoms in total. The molecule has 300 valence electrons. The Hall–Kier alpha value is -3.93. The summed E-state index contributed by atoms with van der Waals surface area (Å²) >= 11 is 0. The Labute approximate surface area is 342 Å². The Kier molecular flexibility index (Phi) is 11.2. The van der Waals surface area contributed by atoms with Crippen LogP contribution >= 0.6 is 0 Å². The number of benzene rings is 3. The lowest BCUT2D eigenvalue weighted by atomic mass is 9.69. The fourth-order valence-electron chi connectivity index (χ4n) is 13.2. The van der Waals surface area contributed by atoms with Gasteiger partial charge in [0.1, 0.15) is 0 Å². The molecule has 6 saturated carbocycles. The van der Waals surface area contributed by atoms with Gasteiger partial charge in [-0.1, -0.05) is 132 Å². The lowest BCUT2D eigenvalue weighted by Gasteiger charge is -2.45. The number of para-hydroxylation sites is 3. The van der Waals surface area contributed by atoms with Gasteiger partial charge in [0.15, 0.2) is 0 Å². The van der Waals surface area contributed by atoms with Gasteiger partial charge in [0.25, 0.3) is 0 Å². The minimum atomic E-state index is 0.362. The summed E-state index contributed by atoms with van der Waals surface area (Å²) in [5.41, 5.74) is 3.63. The highest BCUT2D eigenvalue weighted by Crippen LogP contribution is 2.48. The van der Waals surface area contributed by atoms with Crippen LogP contribution in [-0.4, -0.2) is 33.1 Å². The van der Waals surface area contributed by atoms with Crippen molar-refractivity contribution in [3.05, 3.63) is 91.0 Å². The molecule has 0 bridgehead atoms. The van der Waals surface area contributed by atoms with Crippen molar-refractivity contribution in [2.45, 2.75) is 153 Å². The number of rotatable bonds is 9. The molecule has 0 saturated heterocycles. The van der Waals surface area contributed by atoms with Gasteiger partial charge < -0.3 is 14.7 Å². The van der Waals surface area contributed by atoms with E-state index in [0.717, 1.165) is 53.4 Å². The van der Waals surface area contributed by atoms with E-state index in [1.165, 1.54) is 152 Å². The molecule has 1 aromatic heterocycles. The van der Waals surface area contributed by atoms with E-state index in [0.29, 0.717) is 18.1 Å². The van der Waals surface area contributed by atoms with Gasteiger partial charge in [0, 0.05) is 35.2 Å². The van der Waals surface area contributed by atoms with E-state index in [4.69, 9.17) is 15.0 Å². The molecular weight excluding hydrogens is 697 g/mol. The van der Waals surface area contributed by atoms with Crippen LogP contribution in [0.5, 0.6) is 0 Å². The first-order valence-corrected chi connectivity index (χ1v) is 23.5. The molecule has 6 fully saturated rings. The fourth-order valence-corrected chi connectivity index (χ4v) is 13.2. The fraction of sp³-hybridized carbons (Fsp3) is 0.588. The summed E-state index contributed by atoms with van der Waals surface area (Å²) in [6.07, 6.45) is 27.9. The van der Waals surface area contributed by atoms with Gasteiger partial charge in [-0.3, -0.25) is 0 Å². The summed E-state index contributed by atoms with van der Waals surface area (Å²) < 4.78 is 0. The molecule has 6 heteroatoms. The van der Waals surface area contributed by atoms with Crippen molar-refractivity contribution in [1.82, 2.24) is 15.0 Å². The Morgan fingerprint density at radius 3 is 0.842 bits per heavy atom. The van der Waals surface area contributed by atoms with Gasteiger partial charge in [0.2, 0.25) is 17.8 Å². The molecule has 9 atom stereocenters. The van der Waals surface area contributed by atoms with Crippen LogP contribution < -0.4 is 14.7 Å². The molecule has 9 unspecified atom stereocenters. The van der Waals surface area contributed by atoms with Crippen molar-refractivity contribution in [3.63, 3.8) is 0 Å². The van der Waals surface area contributed by atoms with Crippen LogP contribution in [0.25, 0.3) is 0 Å². The summed E-state index contributed by atoms with van der Waals surface area (Å²) in [5.74, 6) is 7.52. The predicted octanol–water partition coefficient (Wildman–Crippen LogP) is 13.4. The quantitative estimate of drug-likeness (QED) is 0.169. The third-order valence-corrected chi connectivity index (χ3v) is 16.0. The maximum Gasteiger partial charge on any atom is 0.236 e. The number of nitrogens with zero attached hydrogens (tertiary/aromatic N) is 6. The number of hydrogen-bond acceptors (Lipinski definition) is 6. The Balaban J connectivity index is 1.13. The van der Waals surface area contributed by atoms with E-state index < -0.39 is 0 Å². The lowest BCUT2D eigenvalue weighted by Crippen LogP contribution is -2.43. The zero-order chi connectivity index (χ0) is 38.0. The Morgan fingerprint density at radius 2 is 0.561 bits per heavy atom. The second kappa shape index (κ2) is 17.1. The van der Waals surface area contributed by atoms with E-state index in [2.05, 4.69) is 106 Å². The highest BCUT2D eigenvalue weighted by molar-refractivity contribution is 5.67. The largest absolute Gasteiger partial charge is 0.307 e. The van der Waals surface area contributed by atoms with Crippen molar-refractivity contribution in [2.24, 2.45) is 35.5 Å². The molecule has 6 aliphatic carbocycles. The maximum atomic E-state index is 5.74. The number of fused-ring (bicyclic) bond motifs is 3. The lowest BCUT2D eigenvalue weighted by molar-refractivity contribution is 0.155. The van der Waals surface area contributed by atoms with E-state index >= 15 is 0 Å². The summed E-state index contributed by atoms with van der Waals surface area (Å²) in [4.78, 5) is 24.9. The molecule has 10 rings (SSSR count). The van der Waals surface area contributed by atoms with Crippen LogP contribution in [-0.2, 0) is 0 Å². The van der Waals surface area contributed by atoms with Crippen LogP contribution in [0.15, 0.2) is 91.0 Å². The first kappa shape index (κ1) is 37.3. The summed E-state index contributed by atoms with van der Waals surface area (Å²) in [6, 6.07) is 34.6. The monoisotopic (exact) mass is 763 g/mol. The van der Waals surface area contributed by atoms with Gasteiger partial charge in [-0.15, -0.1) is 0 Å². The standard InChI is InChI=1S/C51H66N6/c1-4-22-43(23-5-1)55(46-31-28-37-16-10-13-19-40(37)34-46)49-52-50(56(44-24-6-2-7-25-44)47-32-29-38-17-11-14-20-41(38)35-47)54-51(53-49)57(45-26-8-3-9-27-45)48-33-30-39-18-12-15-21-42(39)36-48/h1-9,22-27,37-42,46-48H,10-21,28-36H2. The average molecular weight is 763 g/mol. The zero-order valence-electron chi connectivity index (χ0n) is 34.4. The third-order valence-electron chi connectivity index (χ3n) is 16.0. The normalized spacial score (nSPS) is 31.3. The second-order valence-electron chi connectivity index (χ2n) is 19.2. The molecule has 1 heterocycles. The highest BCUT2D eigenvalue weighted by Gasteiger charge is 2.41. The molecule has 0 radical (unpaired) electrons. The molecule has 6 aliphatic rings. The van der Waals surface area contributed by atoms with E-state index in [9.17, 15) is 0 Å². The molecule has 3 aromatic carbocycles. The van der Waals surface area contributed by atoms with Crippen molar-refractivity contribution in [1.29, 1.82) is 0 Å². The number of hydrogen-bond donors (Lipinski definition) is 0. The summed E-state index contributed by atoms with van der Waals surface area (Å²) in [6.45, 7) is 0.